The molecule has 2 rings (SSSR count). The first-order chi connectivity index (χ1) is 12.2. The van der Waals surface area contributed by atoms with Crippen molar-refractivity contribution in [2.24, 2.45) is 0 Å². The number of hydrogen-bond donors (Lipinski definition) is 1. The molecule has 0 radical (unpaired) electrons. The van der Waals surface area contributed by atoms with Gasteiger partial charge in [-0.25, -0.2) is 0 Å². The molecule has 0 aromatic heterocycles. The molecular formula is C20H27BrNO3+. The Morgan fingerprint density at radius 1 is 1.00 bits per heavy atom. The van der Waals surface area contributed by atoms with E-state index in [-0.39, 0.29) is 0 Å². The van der Waals surface area contributed by atoms with Crippen molar-refractivity contribution in [1.29, 1.82) is 0 Å². The average Bonchev–Trinajstić information content (AvgIpc) is 2.62. The molecule has 0 fully saturated rings. The number of ether oxygens (including phenoxy) is 3. The maximum absolute atomic E-state index is 5.83. The summed E-state index contributed by atoms with van der Waals surface area (Å²) in [6, 6.07) is 12.3. The summed E-state index contributed by atoms with van der Waals surface area (Å²) in [5.74, 6) is 2.52. The van der Waals surface area contributed by atoms with E-state index in [1.54, 1.807) is 7.11 Å². The van der Waals surface area contributed by atoms with Crippen molar-refractivity contribution in [1.82, 2.24) is 0 Å². The van der Waals surface area contributed by atoms with Gasteiger partial charge in [0.2, 0.25) is 0 Å². The highest BCUT2D eigenvalue weighted by atomic mass is 79.9. The molecule has 4 nitrogen and oxygen atoms in total. The minimum absolute atomic E-state index is 0.614. The molecule has 0 aliphatic rings. The molecular weight excluding hydrogens is 382 g/mol. The van der Waals surface area contributed by atoms with Gasteiger partial charge in [0.1, 0.15) is 18.8 Å². The third-order valence-electron chi connectivity index (χ3n) is 3.76. The summed E-state index contributed by atoms with van der Waals surface area (Å²) < 4.78 is 17.9. The lowest BCUT2D eigenvalue weighted by Gasteiger charge is -2.15. The molecule has 0 spiro atoms. The van der Waals surface area contributed by atoms with Gasteiger partial charge in [-0.3, -0.25) is 0 Å². The molecule has 2 aromatic rings. The lowest BCUT2D eigenvalue weighted by atomic mass is 10.1. The van der Waals surface area contributed by atoms with Gasteiger partial charge in [-0.2, -0.15) is 0 Å². The number of rotatable bonds is 10. The summed E-state index contributed by atoms with van der Waals surface area (Å²) in [5, 5.41) is 2.25. The Bertz CT molecular complexity index is 676. The molecule has 0 saturated carbocycles. The second-order valence-electron chi connectivity index (χ2n) is 5.70. The van der Waals surface area contributed by atoms with Crippen LogP contribution in [0.4, 0.5) is 0 Å². The molecule has 2 N–H and O–H groups in total. The van der Waals surface area contributed by atoms with Crippen molar-refractivity contribution in [2.75, 3.05) is 20.3 Å². The first-order valence-corrected chi connectivity index (χ1v) is 9.50. The van der Waals surface area contributed by atoms with Gasteiger partial charge in [0.15, 0.2) is 11.5 Å². The molecule has 136 valence electrons. The molecule has 0 atom stereocenters. The maximum Gasteiger partial charge on any atom is 0.175 e. The van der Waals surface area contributed by atoms with E-state index in [4.69, 9.17) is 14.2 Å². The van der Waals surface area contributed by atoms with E-state index in [0.717, 1.165) is 41.2 Å². The van der Waals surface area contributed by atoms with Gasteiger partial charge in [0, 0.05) is 11.1 Å². The number of nitrogens with two attached hydrogens (primary N) is 1. The van der Waals surface area contributed by atoms with Gasteiger partial charge in [-0.15, -0.1) is 0 Å². The van der Waals surface area contributed by atoms with E-state index in [1.165, 1.54) is 11.1 Å². The summed E-state index contributed by atoms with van der Waals surface area (Å²) in [5.41, 5.74) is 2.38. The van der Waals surface area contributed by atoms with Gasteiger partial charge in [-0.05, 0) is 53.5 Å². The Kier molecular flexibility index (Phi) is 8.09. The zero-order chi connectivity index (χ0) is 18.1. The number of methoxy groups -OCH3 is 1. The van der Waals surface area contributed by atoms with Crippen LogP contribution in [0.3, 0.4) is 0 Å². The van der Waals surface area contributed by atoms with E-state index in [9.17, 15) is 0 Å². The fraction of sp³-hybridized carbons (Fsp3) is 0.400. The van der Waals surface area contributed by atoms with Crippen LogP contribution in [0, 0.1) is 0 Å². The van der Waals surface area contributed by atoms with Crippen LogP contribution < -0.4 is 19.5 Å². The lowest BCUT2D eigenvalue weighted by molar-refractivity contribution is -0.686. The Labute approximate surface area is 158 Å². The highest BCUT2D eigenvalue weighted by Crippen LogP contribution is 2.36. The van der Waals surface area contributed by atoms with E-state index in [2.05, 4.69) is 46.4 Å². The number of benzene rings is 2. The highest BCUT2D eigenvalue weighted by Gasteiger charge is 2.13. The van der Waals surface area contributed by atoms with Crippen LogP contribution in [0.5, 0.6) is 17.2 Å². The first-order valence-electron chi connectivity index (χ1n) is 8.71. The second-order valence-corrected chi connectivity index (χ2v) is 6.55. The van der Waals surface area contributed by atoms with Crippen LogP contribution in [0.2, 0.25) is 0 Å². The van der Waals surface area contributed by atoms with Gasteiger partial charge in [0.25, 0.3) is 0 Å². The third kappa shape index (κ3) is 5.65. The van der Waals surface area contributed by atoms with Crippen LogP contribution in [0.15, 0.2) is 40.9 Å². The molecule has 0 aliphatic carbocycles. The monoisotopic (exact) mass is 408 g/mol. The molecule has 0 heterocycles. The Morgan fingerprint density at radius 2 is 1.80 bits per heavy atom. The Morgan fingerprint density at radius 3 is 2.52 bits per heavy atom. The maximum atomic E-state index is 5.83. The number of hydrogen-bond acceptors (Lipinski definition) is 3. The molecule has 5 heteroatoms. The summed E-state index contributed by atoms with van der Waals surface area (Å²) in [6.45, 7) is 7.08. The van der Waals surface area contributed by atoms with E-state index < -0.39 is 0 Å². The standard InChI is InChI=1S/C20H26BrNO3/c1-4-10-25-20-17(21)11-15(12-19(20)24-5-2)13-22-14-16-8-6-7-9-18(16)23-3/h6-9,11-12,22H,4-5,10,13-14H2,1-3H3/p+1. The van der Waals surface area contributed by atoms with Gasteiger partial charge in [0.05, 0.1) is 24.8 Å². The quantitative estimate of drug-likeness (QED) is 0.647. The van der Waals surface area contributed by atoms with Gasteiger partial charge in [-0.1, -0.05) is 19.1 Å². The summed E-state index contributed by atoms with van der Waals surface area (Å²) in [6.07, 6.45) is 0.965. The van der Waals surface area contributed by atoms with E-state index in [1.807, 2.05) is 25.1 Å². The molecule has 0 aliphatic heterocycles. The van der Waals surface area contributed by atoms with Crippen molar-refractivity contribution in [3.8, 4) is 17.2 Å². The summed E-state index contributed by atoms with van der Waals surface area (Å²) in [4.78, 5) is 0. The zero-order valence-corrected chi connectivity index (χ0v) is 16.8. The molecule has 0 amide bonds. The fourth-order valence-corrected chi connectivity index (χ4v) is 3.22. The van der Waals surface area contributed by atoms with Crippen LogP contribution >= 0.6 is 15.9 Å². The smallest absolute Gasteiger partial charge is 0.175 e. The van der Waals surface area contributed by atoms with Crippen molar-refractivity contribution in [3.63, 3.8) is 0 Å². The molecule has 2 aromatic carbocycles. The van der Waals surface area contributed by atoms with Gasteiger partial charge < -0.3 is 19.5 Å². The van der Waals surface area contributed by atoms with Crippen LogP contribution in [-0.2, 0) is 13.1 Å². The van der Waals surface area contributed by atoms with Crippen molar-refractivity contribution in [3.05, 3.63) is 52.0 Å². The number of quaternary nitrogens is 1. The SMILES string of the molecule is CCCOc1c(Br)cc(C[NH2+]Cc2ccccc2OC)cc1OCC. The molecule has 0 unspecified atom stereocenters. The Balaban J connectivity index is 2.06. The summed E-state index contributed by atoms with van der Waals surface area (Å²) in [7, 11) is 1.71. The minimum atomic E-state index is 0.614. The largest absolute Gasteiger partial charge is 0.496 e. The molecule has 0 saturated heterocycles. The number of halogens is 1. The van der Waals surface area contributed by atoms with E-state index in [0.29, 0.717) is 13.2 Å². The topological polar surface area (TPSA) is 44.3 Å². The Hall–Kier alpha value is -1.72. The number of para-hydroxylation sites is 1. The third-order valence-corrected chi connectivity index (χ3v) is 4.35. The van der Waals surface area contributed by atoms with Crippen molar-refractivity contribution >= 4 is 15.9 Å². The van der Waals surface area contributed by atoms with Crippen LogP contribution in [0.1, 0.15) is 31.4 Å². The molecule has 25 heavy (non-hydrogen) atoms. The zero-order valence-electron chi connectivity index (χ0n) is 15.2. The van der Waals surface area contributed by atoms with Crippen molar-refractivity contribution < 1.29 is 19.5 Å². The van der Waals surface area contributed by atoms with Gasteiger partial charge >= 0.3 is 0 Å². The second kappa shape index (κ2) is 10.3. The normalized spacial score (nSPS) is 10.6. The van der Waals surface area contributed by atoms with E-state index >= 15 is 0 Å². The minimum Gasteiger partial charge on any atom is -0.496 e. The van der Waals surface area contributed by atoms with Crippen molar-refractivity contribution in [2.45, 2.75) is 33.4 Å². The predicted molar refractivity (Wildman–Crippen MR) is 103 cm³/mol. The lowest BCUT2D eigenvalue weighted by Crippen LogP contribution is -2.80. The highest BCUT2D eigenvalue weighted by molar-refractivity contribution is 9.10. The first kappa shape index (κ1) is 19.6. The van der Waals surface area contributed by atoms with Crippen LogP contribution in [-0.4, -0.2) is 20.3 Å². The molecule has 0 bridgehead atoms. The predicted octanol–water partition coefficient (Wildman–Crippen LogP) is 3.91. The fourth-order valence-electron chi connectivity index (χ4n) is 2.61. The van der Waals surface area contributed by atoms with Crippen LogP contribution in [0.25, 0.3) is 0 Å². The average molecular weight is 409 g/mol. The summed E-state index contributed by atoms with van der Waals surface area (Å²) >= 11 is 3.62.